The van der Waals surface area contributed by atoms with Crippen LogP contribution >= 0.6 is 0 Å². The Morgan fingerprint density at radius 2 is 1.98 bits per heavy atom. The summed E-state index contributed by atoms with van der Waals surface area (Å²) in [5.41, 5.74) is 5.03. The van der Waals surface area contributed by atoms with Crippen LogP contribution < -0.4 is 10.2 Å². The first-order chi connectivity index (χ1) is 19.4. The number of fused-ring (bicyclic) bond motifs is 2. The van der Waals surface area contributed by atoms with Gasteiger partial charge in [-0.1, -0.05) is 0 Å². The second-order valence-corrected chi connectivity index (χ2v) is 11.1. The van der Waals surface area contributed by atoms with Crippen molar-refractivity contribution < 1.29 is 13.6 Å². The smallest absolute Gasteiger partial charge is 0.317 e. The Morgan fingerprint density at radius 3 is 2.65 bits per heavy atom. The summed E-state index contributed by atoms with van der Waals surface area (Å²) in [6.07, 6.45) is 6.52. The van der Waals surface area contributed by atoms with Crippen LogP contribution in [0.2, 0.25) is 0 Å². The highest BCUT2D eigenvalue weighted by Gasteiger charge is 2.35. The summed E-state index contributed by atoms with van der Waals surface area (Å²) in [7, 11) is 3.41. The lowest BCUT2D eigenvalue weighted by Gasteiger charge is -2.33. The molecule has 0 unspecified atom stereocenters. The third kappa shape index (κ3) is 4.59. The SMILES string of the molecule is CNC(=O)N1CCc2c(c(N3CCCc4cc(-c5cnn(C)c5)c(C(F)F)cc43)nn2C2CCC(C#N)CC2)C1. The van der Waals surface area contributed by atoms with Gasteiger partial charge < -0.3 is 15.1 Å². The highest BCUT2D eigenvalue weighted by atomic mass is 19.3. The Kier molecular flexibility index (Phi) is 6.94. The van der Waals surface area contributed by atoms with E-state index in [-0.39, 0.29) is 23.6 Å². The molecule has 0 spiro atoms. The molecule has 0 atom stereocenters. The summed E-state index contributed by atoms with van der Waals surface area (Å²) in [6, 6.07) is 5.98. The first kappa shape index (κ1) is 26.3. The van der Waals surface area contributed by atoms with Gasteiger partial charge in [0.2, 0.25) is 0 Å². The number of hydrogen-bond acceptors (Lipinski definition) is 5. The number of carbonyl (C=O) groups excluding carboxylic acids is 1. The number of anilines is 2. The van der Waals surface area contributed by atoms with Crippen molar-refractivity contribution in [3.8, 4) is 17.2 Å². The lowest BCUT2D eigenvalue weighted by atomic mass is 9.87. The van der Waals surface area contributed by atoms with Crippen molar-refractivity contribution in [3.05, 3.63) is 46.9 Å². The fourth-order valence-corrected chi connectivity index (χ4v) is 6.59. The number of aryl methyl sites for hydroxylation is 2. The molecule has 1 fully saturated rings. The Hall–Kier alpha value is -3.94. The van der Waals surface area contributed by atoms with Gasteiger partial charge in [-0.3, -0.25) is 9.36 Å². The number of carbonyl (C=O) groups is 1. The van der Waals surface area contributed by atoms with E-state index in [4.69, 9.17) is 5.10 Å². The predicted octanol–water partition coefficient (Wildman–Crippen LogP) is 5.26. The van der Waals surface area contributed by atoms with Crippen LogP contribution in [0.1, 0.15) is 67.0 Å². The minimum atomic E-state index is -2.64. The zero-order valence-corrected chi connectivity index (χ0v) is 22.9. The van der Waals surface area contributed by atoms with Gasteiger partial charge in [0.15, 0.2) is 5.82 Å². The average Bonchev–Trinajstić information content (AvgIpc) is 3.59. The standard InChI is InChI=1S/C29H34F2N8O/c1-33-29(40)37-11-9-25-24(17-37)28(35-39(25)21-7-5-18(14-32)6-8-21)38-10-3-4-19-12-22(20-15-34-36(2)16-20)23(27(30)31)13-26(19)38/h12-13,15-16,18,21,27H,3-11,17H2,1-2H3,(H,33,40). The highest BCUT2D eigenvalue weighted by molar-refractivity contribution is 5.78. The molecule has 3 aliphatic rings. The highest BCUT2D eigenvalue weighted by Crippen LogP contribution is 2.44. The molecule has 0 radical (unpaired) electrons. The zero-order valence-electron chi connectivity index (χ0n) is 22.9. The van der Waals surface area contributed by atoms with Crippen molar-refractivity contribution in [3.63, 3.8) is 0 Å². The van der Waals surface area contributed by atoms with Crippen LogP contribution in [-0.2, 0) is 26.4 Å². The lowest BCUT2D eigenvalue weighted by molar-refractivity contribution is 0.152. The number of nitriles is 1. The molecular formula is C29H34F2N8O. The molecule has 9 nitrogen and oxygen atoms in total. The van der Waals surface area contributed by atoms with Crippen LogP contribution in [0.5, 0.6) is 0 Å². The Labute approximate surface area is 232 Å². The van der Waals surface area contributed by atoms with Gasteiger partial charge in [0.25, 0.3) is 6.43 Å². The molecule has 1 N–H and O–H groups in total. The molecule has 1 aromatic carbocycles. The van der Waals surface area contributed by atoms with E-state index in [9.17, 15) is 18.8 Å². The number of aromatic nitrogens is 4. The van der Waals surface area contributed by atoms with E-state index in [2.05, 4.69) is 26.1 Å². The summed E-state index contributed by atoms with van der Waals surface area (Å²) in [4.78, 5) is 16.5. The van der Waals surface area contributed by atoms with Crippen LogP contribution in [0, 0.1) is 17.2 Å². The molecule has 0 bridgehead atoms. The van der Waals surface area contributed by atoms with Crippen LogP contribution in [0.15, 0.2) is 24.5 Å². The first-order valence-electron chi connectivity index (χ1n) is 14.1. The number of amides is 2. The van der Waals surface area contributed by atoms with Gasteiger partial charge in [-0.2, -0.15) is 15.5 Å². The van der Waals surface area contributed by atoms with Gasteiger partial charge in [-0.05, 0) is 61.8 Å². The van der Waals surface area contributed by atoms with Gasteiger partial charge >= 0.3 is 6.03 Å². The van der Waals surface area contributed by atoms with Gasteiger partial charge in [-0.15, -0.1) is 0 Å². The van der Waals surface area contributed by atoms with E-state index in [1.165, 1.54) is 0 Å². The quantitative estimate of drug-likeness (QED) is 0.480. The molecule has 2 aromatic heterocycles. The second-order valence-electron chi connectivity index (χ2n) is 11.1. The average molecular weight is 549 g/mol. The largest absolute Gasteiger partial charge is 0.341 e. The fraction of sp³-hybridized carbons (Fsp3) is 0.517. The summed E-state index contributed by atoms with van der Waals surface area (Å²) < 4.78 is 32.6. The fourth-order valence-electron chi connectivity index (χ4n) is 6.59. The van der Waals surface area contributed by atoms with E-state index in [1.807, 2.05) is 6.07 Å². The van der Waals surface area contributed by atoms with Crippen molar-refractivity contribution in [2.24, 2.45) is 13.0 Å². The van der Waals surface area contributed by atoms with Gasteiger partial charge in [-0.25, -0.2) is 13.6 Å². The molecule has 4 heterocycles. The normalized spacial score (nSPS) is 20.7. The molecule has 40 heavy (non-hydrogen) atoms. The monoisotopic (exact) mass is 548 g/mol. The summed E-state index contributed by atoms with van der Waals surface area (Å²) in [6.45, 7) is 1.66. The van der Waals surface area contributed by atoms with E-state index in [1.54, 1.807) is 42.1 Å². The van der Waals surface area contributed by atoms with Gasteiger partial charge in [0.1, 0.15) is 0 Å². The number of nitrogens with one attached hydrogen (secondary N) is 1. The molecule has 210 valence electrons. The van der Waals surface area contributed by atoms with E-state index >= 15 is 0 Å². The maximum absolute atomic E-state index is 14.4. The molecule has 1 aliphatic carbocycles. The lowest BCUT2D eigenvalue weighted by Crippen LogP contribution is -2.42. The van der Waals surface area contributed by atoms with E-state index < -0.39 is 6.43 Å². The predicted molar refractivity (Wildman–Crippen MR) is 146 cm³/mol. The topological polar surface area (TPSA) is 95.0 Å². The molecule has 3 aromatic rings. The van der Waals surface area contributed by atoms with Crippen LogP contribution in [0.3, 0.4) is 0 Å². The van der Waals surface area contributed by atoms with Crippen molar-refractivity contribution in [1.29, 1.82) is 5.26 Å². The van der Waals surface area contributed by atoms with Crippen molar-refractivity contribution in [1.82, 2.24) is 29.8 Å². The Morgan fingerprint density at radius 1 is 1.18 bits per heavy atom. The number of hydrogen-bond donors (Lipinski definition) is 1. The number of halogens is 2. The molecule has 0 saturated heterocycles. The Balaban J connectivity index is 1.44. The number of nitrogens with zero attached hydrogens (tertiary/aromatic N) is 7. The minimum absolute atomic E-state index is 0.0197. The van der Waals surface area contributed by atoms with Crippen LogP contribution in [0.4, 0.5) is 25.1 Å². The van der Waals surface area contributed by atoms with Gasteiger partial charge in [0.05, 0.1) is 24.9 Å². The maximum atomic E-state index is 14.4. The third-order valence-corrected chi connectivity index (χ3v) is 8.67. The number of rotatable bonds is 4. The Bertz CT molecular complexity index is 1460. The second kappa shape index (κ2) is 10.6. The third-order valence-electron chi connectivity index (χ3n) is 8.67. The van der Waals surface area contributed by atoms with Crippen LogP contribution in [0.25, 0.3) is 11.1 Å². The van der Waals surface area contributed by atoms with Crippen molar-refractivity contribution in [2.75, 3.05) is 25.0 Å². The number of urea groups is 1. The van der Waals surface area contributed by atoms with Gasteiger partial charge in [0, 0.05) is 73.8 Å². The molecule has 1 saturated carbocycles. The van der Waals surface area contributed by atoms with Crippen molar-refractivity contribution >= 4 is 17.5 Å². The summed E-state index contributed by atoms with van der Waals surface area (Å²) >= 11 is 0. The van der Waals surface area contributed by atoms with Crippen molar-refractivity contribution in [2.45, 2.75) is 64.0 Å². The molecule has 6 rings (SSSR count). The molecule has 11 heteroatoms. The number of benzene rings is 1. The minimum Gasteiger partial charge on any atom is -0.341 e. The van der Waals surface area contributed by atoms with E-state index in [0.29, 0.717) is 37.2 Å². The number of alkyl halides is 2. The van der Waals surface area contributed by atoms with Crippen LogP contribution in [-0.4, -0.2) is 50.6 Å². The first-order valence-corrected chi connectivity index (χ1v) is 14.1. The zero-order chi connectivity index (χ0) is 28.0. The summed E-state index contributed by atoms with van der Waals surface area (Å²) in [5, 5.41) is 21.5. The maximum Gasteiger partial charge on any atom is 0.317 e. The molecule has 2 amide bonds. The molecule has 2 aliphatic heterocycles. The molecular weight excluding hydrogens is 514 g/mol. The van der Waals surface area contributed by atoms with E-state index in [0.717, 1.165) is 66.9 Å². The summed E-state index contributed by atoms with van der Waals surface area (Å²) in [5.74, 6) is 0.836.